The summed E-state index contributed by atoms with van der Waals surface area (Å²) in [4.78, 5) is 11.5. The van der Waals surface area contributed by atoms with Gasteiger partial charge in [0.05, 0.1) is 26.9 Å². The quantitative estimate of drug-likeness (QED) is 0.759. The van der Waals surface area contributed by atoms with Crippen molar-refractivity contribution in [3.05, 3.63) is 54.2 Å². The van der Waals surface area contributed by atoms with Gasteiger partial charge in [0.25, 0.3) is 0 Å². The van der Waals surface area contributed by atoms with Gasteiger partial charge in [0.2, 0.25) is 0 Å². The molecule has 2 rings (SSSR count). The van der Waals surface area contributed by atoms with Crippen LogP contribution in [0.1, 0.15) is 5.56 Å². The number of carbonyl (C=O) groups is 1. The number of rotatable bonds is 7. The fourth-order valence-electron chi connectivity index (χ4n) is 2.09. The van der Waals surface area contributed by atoms with E-state index in [0.29, 0.717) is 28.5 Å². The van der Waals surface area contributed by atoms with Crippen LogP contribution in [0.15, 0.2) is 48.7 Å². The van der Waals surface area contributed by atoms with Crippen molar-refractivity contribution in [1.29, 1.82) is 0 Å². The second-order valence-electron chi connectivity index (χ2n) is 4.84. The maximum absolute atomic E-state index is 11.5. The minimum absolute atomic E-state index is 0.124. The largest absolute Gasteiger partial charge is 0.497 e. The van der Waals surface area contributed by atoms with E-state index in [1.54, 1.807) is 63.8 Å². The van der Waals surface area contributed by atoms with E-state index in [9.17, 15) is 9.90 Å². The lowest BCUT2D eigenvalue weighted by atomic mass is 10.1. The van der Waals surface area contributed by atoms with Gasteiger partial charge < -0.3 is 24.6 Å². The fraction of sp³-hybridized carbons (Fsp3) is 0.167. The van der Waals surface area contributed by atoms with E-state index in [2.05, 4.69) is 5.32 Å². The molecule has 2 aromatic rings. The molecule has 6 nitrogen and oxygen atoms in total. The Morgan fingerprint density at radius 2 is 1.46 bits per heavy atom. The number of benzene rings is 2. The van der Waals surface area contributed by atoms with Gasteiger partial charge in [-0.3, -0.25) is 0 Å². The molecule has 2 N–H and O–H groups in total. The molecule has 0 aromatic heterocycles. The number of anilines is 1. The molecule has 0 saturated carbocycles. The second-order valence-corrected chi connectivity index (χ2v) is 4.84. The third-order valence-electron chi connectivity index (χ3n) is 3.37. The summed E-state index contributed by atoms with van der Waals surface area (Å²) in [6.45, 7) is 0. The van der Waals surface area contributed by atoms with Crippen LogP contribution in [-0.2, 0) is 4.79 Å². The smallest absolute Gasteiger partial charge is 0.337 e. The zero-order chi connectivity index (χ0) is 17.5. The zero-order valence-electron chi connectivity index (χ0n) is 13.7. The lowest BCUT2D eigenvalue weighted by Crippen LogP contribution is -2.03. The maximum Gasteiger partial charge on any atom is 0.337 e. The average Bonchev–Trinajstić information content (AvgIpc) is 2.61. The molecule has 0 fully saturated rings. The molecule has 0 aliphatic rings. The fourth-order valence-corrected chi connectivity index (χ4v) is 2.09. The SMILES string of the molecule is COc1ccc(C(=CNc2cc(OC)cc(OC)c2)C(=O)O)cc1. The van der Waals surface area contributed by atoms with E-state index < -0.39 is 5.97 Å². The molecule has 0 saturated heterocycles. The predicted octanol–water partition coefficient (Wildman–Crippen LogP) is 3.25. The second kappa shape index (κ2) is 7.92. The van der Waals surface area contributed by atoms with E-state index in [1.165, 1.54) is 6.20 Å². The average molecular weight is 329 g/mol. The van der Waals surface area contributed by atoms with Crippen molar-refractivity contribution in [2.75, 3.05) is 26.6 Å². The Morgan fingerprint density at radius 1 is 0.917 bits per heavy atom. The van der Waals surface area contributed by atoms with Crippen molar-refractivity contribution < 1.29 is 24.1 Å². The Bertz CT molecular complexity index is 715. The molecule has 0 heterocycles. The van der Waals surface area contributed by atoms with Gasteiger partial charge in [0.1, 0.15) is 17.2 Å². The predicted molar refractivity (Wildman–Crippen MR) is 91.8 cm³/mol. The van der Waals surface area contributed by atoms with Crippen LogP contribution < -0.4 is 19.5 Å². The first-order valence-corrected chi connectivity index (χ1v) is 7.15. The monoisotopic (exact) mass is 329 g/mol. The highest BCUT2D eigenvalue weighted by molar-refractivity contribution is 6.15. The topological polar surface area (TPSA) is 77.0 Å². The summed E-state index contributed by atoms with van der Waals surface area (Å²) in [5.41, 5.74) is 1.34. The van der Waals surface area contributed by atoms with E-state index in [4.69, 9.17) is 14.2 Å². The molecule has 6 heteroatoms. The van der Waals surface area contributed by atoms with Gasteiger partial charge in [0.15, 0.2) is 0 Å². The van der Waals surface area contributed by atoms with Crippen LogP contribution in [0.25, 0.3) is 5.57 Å². The van der Waals surface area contributed by atoms with E-state index in [1.807, 2.05) is 0 Å². The third-order valence-corrected chi connectivity index (χ3v) is 3.37. The third kappa shape index (κ3) is 4.19. The van der Waals surface area contributed by atoms with Crippen LogP contribution in [0.4, 0.5) is 5.69 Å². The molecule has 24 heavy (non-hydrogen) atoms. The highest BCUT2D eigenvalue weighted by Gasteiger charge is 2.11. The molecule has 0 aliphatic carbocycles. The summed E-state index contributed by atoms with van der Waals surface area (Å²) in [5.74, 6) is 0.828. The molecule has 0 amide bonds. The van der Waals surface area contributed by atoms with E-state index in [-0.39, 0.29) is 5.57 Å². The highest BCUT2D eigenvalue weighted by Crippen LogP contribution is 2.26. The van der Waals surface area contributed by atoms with Crippen LogP contribution in [0.2, 0.25) is 0 Å². The minimum atomic E-state index is -1.04. The van der Waals surface area contributed by atoms with Gasteiger partial charge in [-0.05, 0) is 17.7 Å². The molecule has 0 aliphatic heterocycles. The molecule has 0 bridgehead atoms. The van der Waals surface area contributed by atoms with Crippen molar-refractivity contribution in [3.63, 3.8) is 0 Å². The Balaban J connectivity index is 2.30. The molecule has 126 valence electrons. The summed E-state index contributed by atoms with van der Waals surface area (Å²) in [6, 6.07) is 12.0. The van der Waals surface area contributed by atoms with Crippen LogP contribution in [-0.4, -0.2) is 32.4 Å². The first-order valence-electron chi connectivity index (χ1n) is 7.15. The van der Waals surface area contributed by atoms with Crippen LogP contribution in [0.5, 0.6) is 17.2 Å². The van der Waals surface area contributed by atoms with Gasteiger partial charge in [-0.2, -0.15) is 0 Å². The van der Waals surface area contributed by atoms with E-state index >= 15 is 0 Å². The summed E-state index contributed by atoms with van der Waals surface area (Å²) < 4.78 is 15.5. The standard InChI is InChI=1S/C18H19NO5/c1-22-14-6-4-12(5-7-14)17(18(20)21)11-19-13-8-15(23-2)10-16(9-13)24-3/h4-11,19H,1-3H3,(H,20,21). The lowest BCUT2D eigenvalue weighted by molar-refractivity contribution is -0.130. The summed E-state index contributed by atoms with van der Waals surface area (Å²) in [7, 11) is 4.66. The minimum Gasteiger partial charge on any atom is -0.497 e. The van der Waals surface area contributed by atoms with Gasteiger partial charge in [-0.15, -0.1) is 0 Å². The van der Waals surface area contributed by atoms with Gasteiger partial charge in [-0.1, -0.05) is 12.1 Å². The normalized spacial score (nSPS) is 10.9. The van der Waals surface area contributed by atoms with Crippen molar-refractivity contribution in [2.45, 2.75) is 0 Å². The number of aliphatic carboxylic acids is 1. The molecular formula is C18H19NO5. The number of ether oxygens (including phenoxy) is 3. The zero-order valence-corrected chi connectivity index (χ0v) is 13.7. The molecule has 2 aromatic carbocycles. The summed E-state index contributed by atoms with van der Waals surface area (Å²) in [6.07, 6.45) is 1.43. The van der Waals surface area contributed by atoms with Crippen molar-refractivity contribution in [3.8, 4) is 17.2 Å². The molecule has 0 spiro atoms. The number of hydrogen-bond donors (Lipinski definition) is 2. The number of carboxylic acid groups (broad SMARTS) is 1. The Labute approximate surface area is 140 Å². The van der Waals surface area contributed by atoms with Crippen LogP contribution in [0, 0.1) is 0 Å². The molecule has 0 radical (unpaired) electrons. The maximum atomic E-state index is 11.5. The van der Waals surface area contributed by atoms with Crippen LogP contribution in [0.3, 0.4) is 0 Å². The first-order chi connectivity index (χ1) is 11.6. The van der Waals surface area contributed by atoms with E-state index in [0.717, 1.165) is 0 Å². The number of hydrogen-bond acceptors (Lipinski definition) is 5. The Hall–Kier alpha value is -3.15. The van der Waals surface area contributed by atoms with Gasteiger partial charge in [-0.25, -0.2) is 4.79 Å². The number of carboxylic acids is 1. The number of methoxy groups -OCH3 is 3. The summed E-state index contributed by atoms with van der Waals surface area (Å²) >= 11 is 0. The van der Waals surface area contributed by atoms with Crippen LogP contribution >= 0.6 is 0 Å². The van der Waals surface area contributed by atoms with Gasteiger partial charge >= 0.3 is 5.97 Å². The summed E-state index contributed by atoms with van der Waals surface area (Å²) in [5, 5.41) is 12.4. The number of nitrogens with one attached hydrogen (secondary N) is 1. The molecular weight excluding hydrogens is 310 g/mol. The first kappa shape index (κ1) is 17.2. The lowest BCUT2D eigenvalue weighted by Gasteiger charge is -2.10. The molecule has 0 unspecified atom stereocenters. The highest BCUT2D eigenvalue weighted by atomic mass is 16.5. The van der Waals surface area contributed by atoms with Crippen molar-refractivity contribution in [2.24, 2.45) is 0 Å². The van der Waals surface area contributed by atoms with Gasteiger partial charge in [0, 0.05) is 30.1 Å². The Kier molecular flexibility index (Phi) is 5.68. The van der Waals surface area contributed by atoms with Crippen molar-refractivity contribution >= 4 is 17.2 Å². The molecule has 0 atom stereocenters. The Morgan fingerprint density at radius 3 is 1.92 bits per heavy atom. The van der Waals surface area contributed by atoms with Crippen molar-refractivity contribution in [1.82, 2.24) is 0 Å².